The lowest BCUT2D eigenvalue weighted by Gasteiger charge is -2.02. The maximum atomic E-state index is 5.84. The highest BCUT2D eigenvalue weighted by atomic mass is 16.5. The van der Waals surface area contributed by atoms with Crippen molar-refractivity contribution in [2.45, 2.75) is 0 Å². The van der Waals surface area contributed by atoms with Crippen molar-refractivity contribution in [1.82, 2.24) is 14.3 Å². The maximum absolute atomic E-state index is 5.84. The maximum Gasteiger partial charge on any atom is 0.122 e. The molecule has 0 saturated heterocycles. The van der Waals surface area contributed by atoms with Gasteiger partial charge in [-0.3, -0.25) is 4.68 Å². The number of nitrogens with two attached hydrogens (primary N) is 1. The molecule has 0 fully saturated rings. The molecule has 2 N–H and O–H groups in total. The molecule has 0 spiro atoms. The first-order valence-corrected chi connectivity index (χ1v) is 6.03. The Bertz CT molecular complexity index is 735. The molecule has 0 saturated carbocycles. The molecule has 0 aliphatic rings. The Morgan fingerprint density at radius 1 is 1.16 bits per heavy atom. The van der Waals surface area contributed by atoms with E-state index in [0.717, 1.165) is 28.0 Å². The molecule has 5 nitrogen and oxygen atoms in total. The number of nitrogen functional groups attached to an aromatic ring is 1. The number of hydrogen-bond donors (Lipinski definition) is 1. The van der Waals surface area contributed by atoms with Gasteiger partial charge in [-0.15, -0.1) is 0 Å². The Morgan fingerprint density at radius 3 is 2.58 bits per heavy atom. The van der Waals surface area contributed by atoms with Gasteiger partial charge in [0.2, 0.25) is 0 Å². The molecular formula is C14H16N4O. The van der Waals surface area contributed by atoms with Crippen LogP contribution in [0.4, 0.5) is 5.82 Å². The lowest BCUT2D eigenvalue weighted by atomic mass is 10.2. The van der Waals surface area contributed by atoms with Crippen molar-refractivity contribution in [3.05, 3.63) is 30.3 Å². The van der Waals surface area contributed by atoms with Crippen LogP contribution in [0.2, 0.25) is 0 Å². The molecule has 0 aliphatic carbocycles. The van der Waals surface area contributed by atoms with Gasteiger partial charge in [0.15, 0.2) is 0 Å². The van der Waals surface area contributed by atoms with Crippen LogP contribution < -0.4 is 10.5 Å². The van der Waals surface area contributed by atoms with E-state index in [4.69, 9.17) is 10.5 Å². The number of methoxy groups -OCH3 is 1. The highest BCUT2D eigenvalue weighted by Crippen LogP contribution is 2.29. The van der Waals surface area contributed by atoms with Gasteiger partial charge in [0, 0.05) is 31.1 Å². The van der Waals surface area contributed by atoms with Crippen LogP contribution in [0.3, 0.4) is 0 Å². The van der Waals surface area contributed by atoms with E-state index in [1.165, 1.54) is 0 Å². The summed E-state index contributed by atoms with van der Waals surface area (Å²) in [6.07, 6.45) is 0. The number of benzene rings is 1. The fourth-order valence-corrected chi connectivity index (χ4v) is 2.31. The van der Waals surface area contributed by atoms with Crippen molar-refractivity contribution < 1.29 is 4.74 Å². The Kier molecular flexibility index (Phi) is 2.48. The summed E-state index contributed by atoms with van der Waals surface area (Å²) < 4.78 is 9.03. The number of rotatable bonds is 2. The Morgan fingerprint density at radius 2 is 1.95 bits per heavy atom. The highest BCUT2D eigenvalue weighted by Gasteiger charge is 2.12. The second-order valence-electron chi connectivity index (χ2n) is 4.59. The van der Waals surface area contributed by atoms with Crippen molar-refractivity contribution in [3.63, 3.8) is 0 Å². The molecule has 0 unspecified atom stereocenters. The molecule has 2 heterocycles. The molecule has 0 bridgehead atoms. The summed E-state index contributed by atoms with van der Waals surface area (Å²) in [5.41, 5.74) is 8.89. The number of aromatic nitrogens is 3. The molecule has 0 radical (unpaired) electrons. The molecular weight excluding hydrogens is 240 g/mol. The minimum atomic E-state index is 0.651. The number of fused-ring (bicyclic) bond motifs is 1. The van der Waals surface area contributed by atoms with E-state index >= 15 is 0 Å². The van der Waals surface area contributed by atoms with Gasteiger partial charge in [0.1, 0.15) is 17.3 Å². The van der Waals surface area contributed by atoms with Gasteiger partial charge in [-0.05, 0) is 24.3 Å². The molecule has 2 aromatic heterocycles. The van der Waals surface area contributed by atoms with Crippen molar-refractivity contribution >= 4 is 16.7 Å². The van der Waals surface area contributed by atoms with Crippen molar-refractivity contribution in [3.8, 4) is 17.1 Å². The summed E-state index contributed by atoms with van der Waals surface area (Å²) in [5, 5.41) is 5.54. The van der Waals surface area contributed by atoms with Gasteiger partial charge in [-0.25, -0.2) is 0 Å². The lowest BCUT2D eigenvalue weighted by Crippen LogP contribution is -1.97. The zero-order valence-corrected chi connectivity index (χ0v) is 11.2. The fourth-order valence-electron chi connectivity index (χ4n) is 2.31. The molecule has 0 atom stereocenters. The SMILES string of the molecule is COc1ccc2c(c1)cc(-c1cc(N)n(C)n1)n2C. The molecule has 5 heteroatoms. The van der Waals surface area contributed by atoms with Gasteiger partial charge >= 0.3 is 0 Å². The van der Waals surface area contributed by atoms with E-state index in [2.05, 4.69) is 15.7 Å². The summed E-state index contributed by atoms with van der Waals surface area (Å²) in [5.74, 6) is 1.50. The topological polar surface area (TPSA) is 58.0 Å². The van der Waals surface area contributed by atoms with E-state index in [1.807, 2.05) is 38.4 Å². The summed E-state index contributed by atoms with van der Waals surface area (Å²) in [4.78, 5) is 0. The quantitative estimate of drug-likeness (QED) is 0.764. The highest BCUT2D eigenvalue weighted by molar-refractivity contribution is 5.87. The molecule has 3 aromatic rings. The van der Waals surface area contributed by atoms with Crippen molar-refractivity contribution in [1.29, 1.82) is 0 Å². The van der Waals surface area contributed by atoms with Crippen LogP contribution in [-0.4, -0.2) is 21.5 Å². The summed E-state index contributed by atoms with van der Waals surface area (Å²) in [6.45, 7) is 0. The second kappa shape index (κ2) is 4.05. The number of aryl methyl sites for hydroxylation is 2. The average molecular weight is 256 g/mol. The summed E-state index contributed by atoms with van der Waals surface area (Å²) in [6, 6.07) is 10.00. The largest absolute Gasteiger partial charge is 0.497 e. The van der Waals surface area contributed by atoms with Crippen LogP contribution in [0.1, 0.15) is 0 Å². The Balaban J connectivity index is 2.21. The van der Waals surface area contributed by atoms with E-state index < -0.39 is 0 Å². The Labute approximate surface area is 111 Å². The van der Waals surface area contributed by atoms with E-state index in [1.54, 1.807) is 11.8 Å². The van der Waals surface area contributed by atoms with E-state index in [-0.39, 0.29) is 0 Å². The van der Waals surface area contributed by atoms with Crippen molar-refractivity contribution in [2.75, 3.05) is 12.8 Å². The molecule has 1 aromatic carbocycles. The molecule has 3 rings (SSSR count). The average Bonchev–Trinajstić information content (AvgIpc) is 2.90. The number of anilines is 1. The van der Waals surface area contributed by atoms with E-state index in [0.29, 0.717) is 5.82 Å². The predicted octanol–water partition coefficient (Wildman–Crippen LogP) is 2.17. The molecule has 98 valence electrons. The van der Waals surface area contributed by atoms with Crippen LogP contribution in [0, 0.1) is 0 Å². The zero-order chi connectivity index (χ0) is 13.6. The molecule has 19 heavy (non-hydrogen) atoms. The third-order valence-electron chi connectivity index (χ3n) is 3.43. The van der Waals surface area contributed by atoms with Gasteiger partial charge in [-0.2, -0.15) is 5.10 Å². The van der Waals surface area contributed by atoms with Crippen LogP contribution in [0.25, 0.3) is 22.3 Å². The third-order valence-corrected chi connectivity index (χ3v) is 3.43. The van der Waals surface area contributed by atoms with E-state index in [9.17, 15) is 0 Å². The monoisotopic (exact) mass is 256 g/mol. The zero-order valence-electron chi connectivity index (χ0n) is 11.2. The minimum Gasteiger partial charge on any atom is -0.497 e. The summed E-state index contributed by atoms with van der Waals surface area (Å²) in [7, 11) is 5.53. The van der Waals surface area contributed by atoms with Crippen LogP contribution in [0.15, 0.2) is 30.3 Å². The lowest BCUT2D eigenvalue weighted by molar-refractivity contribution is 0.415. The molecule has 0 amide bonds. The van der Waals surface area contributed by atoms with Crippen LogP contribution in [0.5, 0.6) is 5.75 Å². The summed E-state index contributed by atoms with van der Waals surface area (Å²) >= 11 is 0. The van der Waals surface area contributed by atoms with Gasteiger partial charge < -0.3 is 15.0 Å². The minimum absolute atomic E-state index is 0.651. The standard InChI is InChI=1S/C14H16N4O/c1-17-12-5-4-10(19-3)6-9(12)7-13(17)11-8-14(15)18(2)16-11/h4-8H,15H2,1-3H3. The second-order valence-corrected chi connectivity index (χ2v) is 4.59. The fraction of sp³-hybridized carbons (Fsp3) is 0.214. The number of nitrogens with zero attached hydrogens (tertiary/aromatic N) is 3. The van der Waals surface area contributed by atoms with Gasteiger partial charge in [0.05, 0.1) is 12.8 Å². The van der Waals surface area contributed by atoms with Gasteiger partial charge in [-0.1, -0.05) is 0 Å². The first kappa shape index (κ1) is 11.6. The molecule has 0 aliphatic heterocycles. The predicted molar refractivity (Wildman–Crippen MR) is 76.1 cm³/mol. The normalized spacial score (nSPS) is 11.1. The number of hydrogen-bond acceptors (Lipinski definition) is 3. The van der Waals surface area contributed by atoms with Crippen LogP contribution in [-0.2, 0) is 14.1 Å². The van der Waals surface area contributed by atoms with Crippen molar-refractivity contribution in [2.24, 2.45) is 14.1 Å². The first-order chi connectivity index (χ1) is 9.10. The number of ether oxygens (including phenoxy) is 1. The first-order valence-electron chi connectivity index (χ1n) is 6.03. The van der Waals surface area contributed by atoms with Gasteiger partial charge in [0.25, 0.3) is 0 Å². The Hall–Kier alpha value is -2.43. The third kappa shape index (κ3) is 1.74. The van der Waals surface area contributed by atoms with Crippen LogP contribution >= 0.6 is 0 Å². The smallest absolute Gasteiger partial charge is 0.122 e.